The van der Waals surface area contributed by atoms with Gasteiger partial charge in [-0.15, -0.1) is 0 Å². The third-order valence-electron chi connectivity index (χ3n) is 4.96. The topological polar surface area (TPSA) is 92.7 Å². The van der Waals surface area contributed by atoms with Gasteiger partial charge in [0.1, 0.15) is 11.5 Å². The molecule has 1 aliphatic rings. The van der Waals surface area contributed by atoms with Gasteiger partial charge in [-0.05, 0) is 37.8 Å². The van der Waals surface area contributed by atoms with Crippen LogP contribution in [-0.2, 0) is 6.42 Å². The van der Waals surface area contributed by atoms with E-state index in [1.54, 1.807) is 13.0 Å². The lowest BCUT2D eigenvalue weighted by molar-refractivity contribution is 0.0992. The number of aromatic nitrogens is 1. The molecule has 0 atom stereocenters. The van der Waals surface area contributed by atoms with Gasteiger partial charge >= 0.3 is 0 Å². The average Bonchev–Trinajstić information content (AvgIpc) is 3.22. The van der Waals surface area contributed by atoms with Crippen LogP contribution in [0.5, 0.6) is 0 Å². The molecule has 29 heavy (non-hydrogen) atoms. The number of para-hydroxylation sites is 1. The first kappa shape index (κ1) is 19.0. The molecule has 0 bridgehead atoms. The van der Waals surface area contributed by atoms with Crippen molar-refractivity contribution in [2.24, 2.45) is 10.5 Å². The molecule has 0 saturated carbocycles. The number of fused-ring (bicyclic) bond motifs is 1. The van der Waals surface area contributed by atoms with Crippen molar-refractivity contribution in [2.45, 2.75) is 40.5 Å². The second kappa shape index (κ2) is 7.24. The summed E-state index contributed by atoms with van der Waals surface area (Å²) in [7, 11) is 0. The van der Waals surface area contributed by atoms with E-state index in [2.05, 4.69) is 34.8 Å². The van der Waals surface area contributed by atoms with Gasteiger partial charge in [-0.1, -0.05) is 37.2 Å². The largest absolute Gasteiger partial charge is 0.455 e. The quantitative estimate of drug-likeness (QED) is 0.615. The number of hydrogen-bond acceptors (Lipinski definition) is 6. The molecule has 4 rings (SSSR count). The Bertz CT molecular complexity index is 1080. The van der Waals surface area contributed by atoms with Gasteiger partial charge in [-0.2, -0.15) is 5.10 Å². The van der Waals surface area contributed by atoms with Crippen molar-refractivity contribution in [3.05, 3.63) is 64.8 Å². The predicted molar refractivity (Wildman–Crippen MR) is 111 cm³/mol. The minimum Gasteiger partial charge on any atom is -0.455 e. The van der Waals surface area contributed by atoms with Crippen LogP contribution in [0.2, 0.25) is 0 Å². The Hall–Kier alpha value is -3.35. The molecule has 2 aromatic heterocycles. The van der Waals surface area contributed by atoms with Crippen LogP contribution in [-0.4, -0.2) is 16.8 Å². The van der Waals surface area contributed by atoms with E-state index in [4.69, 9.17) is 8.94 Å². The molecule has 0 spiro atoms. The van der Waals surface area contributed by atoms with E-state index in [1.165, 1.54) is 0 Å². The zero-order valence-electron chi connectivity index (χ0n) is 17.0. The second-order valence-corrected chi connectivity index (χ2v) is 8.19. The van der Waals surface area contributed by atoms with Crippen molar-refractivity contribution in [1.29, 1.82) is 0 Å². The molecule has 1 aromatic carbocycles. The summed E-state index contributed by atoms with van der Waals surface area (Å²) >= 11 is 0. The number of rotatable bonds is 4. The standard InChI is InChI=1S/C22H24N4O3/c1-13-10-18(26-29-13)23-21(27)20-14(2)19-16(11-22(3,4)12-17(19)28-20)25-24-15-8-6-5-7-9-15/h5-10,24H,11-12H2,1-4H3,(H,23,26,27)/b25-16-. The smallest absolute Gasteiger partial charge is 0.292 e. The minimum absolute atomic E-state index is 0.0224. The fourth-order valence-electron chi connectivity index (χ4n) is 3.67. The molecular weight excluding hydrogens is 368 g/mol. The molecule has 0 fully saturated rings. The number of hydrogen-bond donors (Lipinski definition) is 2. The highest BCUT2D eigenvalue weighted by molar-refractivity contribution is 6.09. The Labute approximate surface area is 169 Å². The van der Waals surface area contributed by atoms with E-state index >= 15 is 0 Å². The number of aryl methyl sites for hydroxylation is 1. The van der Waals surface area contributed by atoms with Crippen molar-refractivity contribution in [3.8, 4) is 0 Å². The molecule has 1 aliphatic carbocycles. The monoisotopic (exact) mass is 392 g/mol. The number of carbonyl (C=O) groups excluding carboxylic acids is 1. The summed E-state index contributed by atoms with van der Waals surface area (Å²) in [5, 5.41) is 11.2. The van der Waals surface area contributed by atoms with Crippen LogP contribution in [0.25, 0.3) is 0 Å². The van der Waals surface area contributed by atoms with Gasteiger partial charge in [0.25, 0.3) is 5.91 Å². The third-order valence-corrected chi connectivity index (χ3v) is 4.96. The summed E-state index contributed by atoms with van der Waals surface area (Å²) < 4.78 is 11.0. The fraction of sp³-hybridized carbons (Fsp3) is 0.318. The second-order valence-electron chi connectivity index (χ2n) is 8.19. The van der Waals surface area contributed by atoms with Crippen molar-refractivity contribution in [1.82, 2.24) is 5.16 Å². The molecule has 3 aromatic rings. The number of nitrogens with one attached hydrogen (secondary N) is 2. The molecule has 0 radical (unpaired) electrons. The van der Waals surface area contributed by atoms with E-state index in [1.807, 2.05) is 37.3 Å². The summed E-state index contributed by atoms with van der Waals surface area (Å²) in [6.45, 7) is 8.00. The maximum Gasteiger partial charge on any atom is 0.292 e. The van der Waals surface area contributed by atoms with Crippen molar-refractivity contribution >= 4 is 23.1 Å². The van der Waals surface area contributed by atoms with Crippen LogP contribution in [0.4, 0.5) is 11.5 Å². The number of nitrogens with zero attached hydrogens (tertiary/aromatic N) is 2. The lowest BCUT2D eigenvalue weighted by Gasteiger charge is -2.29. The summed E-state index contributed by atoms with van der Waals surface area (Å²) in [6.07, 6.45) is 1.52. The Morgan fingerprint density at radius 1 is 1.17 bits per heavy atom. The third kappa shape index (κ3) is 3.94. The van der Waals surface area contributed by atoms with Crippen LogP contribution in [0, 0.1) is 19.3 Å². The Morgan fingerprint density at radius 2 is 1.93 bits per heavy atom. The van der Waals surface area contributed by atoms with E-state index in [9.17, 15) is 4.79 Å². The van der Waals surface area contributed by atoms with Crippen LogP contribution >= 0.6 is 0 Å². The molecule has 0 aliphatic heterocycles. The highest BCUT2D eigenvalue weighted by Crippen LogP contribution is 2.39. The molecule has 7 nitrogen and oxygen atoms in total. The van der Waals surface area contributed by atoms with E-state index in [-0.39, 0.29) is 17.1 Å². The lowest BCUT2D eigenvalue weighted by Crippen LogP contribution is -2.27. The maximum atomic E-state index is 12.8. The van der Waals surface area contributed by atoms with Gasteiger partial charge < -0.3 is 14.3 Å². The first-order valence-corrected chi connectivity index (χ1v) is 9.57. The van der Waals surface area contributed by atoms with Gasteiger partial charge in [0.05, 0.1) is 11.4 Å². The van der Waals surface area contributed by atoms with Crippen LogP contribution in [0.15, 0.2) is 50.4 Å². The molecule has 0 saturated heterocycles. The van der Waals surface area contributed by atoms with E-state index in [0.717, 1.165) is 41.1 Å². The van der Waals surface area contributed by atoms with Gasteiger partial charge in [0, 0.05) is 23.6 Å². The summed E-state index contributed by atoms with van der Waals surface area (Å²) in [5.41, 5.74) is 6.59. The highest BCUT2D eigenvalue weighted by Gasteiger charge is 2.36. The SMILES string of the molecule is Cc1cc(NC(=O)c2oc3c(c2C)/C(=N\Nc2ccccc2)CC(C)(C)C3)no1. The number of hydrazone groups is 1. The van der Waals surface area contributed by atoms with Gasteiger partial charge in [0.15, 0.2) is 11.6 Å². The normalized spacial score (nSPS) is 16.5. The first-order valence-electron chi connectivity index (χ1n) is 9.57. The van der Waals surface area contributed by atoms with Crippen LogP contribution in [0.3, 0.4) is 0 Å². The van der Waals surface area contributed by atoms with E-state index < -0.39 is 0 Å². The van der Waals surface area contributed by atoms with Crippen LogP contribution in [0.1, 0.15) is 53.5 Å². The van der Waals surface area contributed by atoms with Gasteiger partial charge in [0.2, 0.25) is 0 Å². The number of benzene rings is 1. The molecule has 2 heterocycles. The summed E-state index contributed by atoms with van der Waals surface area (Å²) in [5.74, 6) is 1.70. The molecule has 0 unspecified atom stereocenters. The van der Waals surface area contributed by atoms with Gasteiger partial charge in [-0.25, -0.2) is 0 Å². The van der Waals surface area contributed by atoms with Crippen molar-refractivity contribution in [2.75, 3.05) is 10.7 Å². The van der Waals surface area contributed by atoms with Crippen molar-refractivity contribution in [3.63, 3.8) is 0 Å². The predicted octanol–water partition coefficient (Wildman–Crippen LogP) is 4.93. The zero-order chi connectivity index (χ0) is 20.6. The summed E-state index contributed by atoms with van der Waals surface area (Å²) in [6, 6.07) is 11.4. The first-order chi connectivity index (χ1) is 13.8. The zero-order valence-corrected chi connectivity index (χ0v) is 17.0. The average molecular weight is 392 g/mol. The Morgan fingerprint density at radius 3 is 2.62 bits per heavy atom. The lowest BCUT2D eigenvalue weighted by atomic mass is 9.75. The van der Waals surface area contributed by atoms with Gasteiger partial charge in [-0.3, -0.25) is 10.2 Å². The van der Waals surface area contributed by atoms with E-state index in [0.29, 0.717) is 11.6 Å². The van der Waals surface area contributed by atoms with Crippen molar-refractivity contribution < 1.29 is 13.7 Å². The number of carbonyl (C=O) groups is 1. The minimum atomic E-state index is -0.349. The number of anilines is 2. The molecule has 2 N–H and O–H groups in total. The molecule has 7 heteroatoms. The maximum absolute atomic E-state index is 12.8. The van der Waals surface area contributed by atoms with Crippen LogP contribution < -0.4 is 10.7 Å². The fourth-order valence-corrected chi connectivity index (χ4v) is 3.67. The summed E-state index contributed by atoms with van der Waals surface area (Å²) in [4.78, 5) is 12.8. The highest BCUT2D eigenvalue weighted by atomic mass is 16.5. The number of furan rings is 1. The Kier molecular flexibility index (Phi) is 4.74. The Balaban J connectivity index is 1.67. The molecule has 150 valence electrons. The molecule has 1 amide bonds. The molecular formula is C22H24N4O3. The number of amides is 1.